The molecule has 1 atom stereocenters. The lowest BCUT2D eigenvalue weighted by Gasteiger charge is -2.42. The van der Waals surface area contributed by atoms with Gasteiger partial charge >= 0.3 is 0 Å². The second-order valence-electron chi connectivity index (χ2n) is 6.82. The topological polar surface area (TPSA) is 29.3 Å². The molecule has 3 rings (SSSR count). The Kier molecular flexibility index (Phi) is 4.42. The Balaban J connectivity index is 1.57. The van der Waals surface area contributed by atoms with Crippen LogP contribution >= 0.6 is 0 Å². The van der Waals surface area contributed by atoms with E-state index in [1.807, 2.05) is 0 Å². The molecule has 1 aromatic rings. The summed E-state index contributed by atoms with van der Waals surface area (Å²) in [5.41, 5.74) is 8.19. The molecule has 0 radical (unpaired) electrons. The second kappa shape index (κ2) is 6.28. The molecule has 2 fully saturated rings. The quantitative estimate of drug-likeness (QED) is 0.912. The molecule has 1 unspecified atom stereocenters. The van der Waals surface area contributed by atoms with E-state index in [1.54, 1.807) is 0 Å². The van der Waals surface area contributed by atoms with Crippen molar-refractivity contribution in [1.29, 1.82) is 0 Å². The van der Waals surface area contributed by atoms with E-state index in [-0.39, 0.29) is 0 Å². The fraction of sp³-hybridized carbons (Fsp3) is 0.667. The summed E-state index contributed by atoms with van der Waals surface area (Å²) in [6.07, 6.45) is 9.79. The first-order valence-electron chi connectivity index (χ1n) is 8.29. The number of nitrogens with two attached hydrogens (primary N) is 1. The van der Waals surface area contributed by atoms with Crippen molar-refractivity contribution < 1.29 is 0 Å². The number of nitrogens with zero attached hydrogens (tertiary/aromatic N) is 1. The van der Waals surface area contributed by atoms with Crippen LogP contribution in [0.25, 0.3) is 0 Å². The highest BCUT2D eigenvalue weighted by molar-refractivity contribution is 5.16. The van der Waals surface area contributed by atoms with E-state index in [0.29, 0.717) is 11.5 Å². The molecule has 2 N–H and O–H groups in total. The van der Waals surface area contributed by atoms with Gasteiger partial charge in [-0.1, -0.05) is 43.2 Å². The highest BCUT2D eigenvalue weighted by Gasteiger charge is 2.38. The van der Waals surface area contributed by atoms with Gasteiger partial charge in [-0.15, -0.1) is 0 Å². The molecule has 1 aliphatic carbocycles. The zero-order valence-corrected chi connectivity index (χ0v) is 12.6. The molecule has 1 aliphatic heterocycles. The summed E-state index contributed by atoms with van der Waals surface area (Å²) in [5, 5.41) is 0. The van der Waals surface area contributed by atoms with Crippen LogP contribution in [0.3, 0.4) is 0 Å². The van der Waals surface area contributed by atoms with Crippen molar-refractivity contribution >= 4 is 0 Å². The third-order valence-electron chi connectivity index (χ3n) is 5.63. The van der Waals surface area contributed by atoms with E-state index in [9.17, 15) is 0 Å². The van der Waals surface area contributed by atoms with Gasteiger partial charge in [0.15, 0.2) is 0 Å². The number of hydrogen-bond acceptors (Lipinski definition) is 2. The van der Waals surface area contributed by atoms with Gasteiger partial charge in [-0.2, -0.15) is 0 Å². The lowest BCUT2D eigenvalue weighted by atomic mass is 9.76. The van der Waals surface area contributed by atoms with E-state index >= 15 is 0 Å². The minimum Gasteiger partial charge on any atom is -0.329 e. The van der Waals surface area contributed by atoms with Crippen LogP contribution in [0.2, 0.25) is 0 Å². The molecule has 0 aromatic heterocycles. The minimum atomic E-state index is 0.524. The third kappa shape index (κ3) is 3.07. The Morgan fingerprint density at radius 1 is 1.00 bits per heavy atom. The molecule has 1 saturated carbocycles. The Labute approximate surface area is 123 Å². The number of rotatable bonds is 4. The largest absolute Gasteiger partial charge is 0.329 e. The fourth-order valence-electron chi connectivity index (χ4n) is 4.24. The Hall–Kier alpha value is -0.860. The molecular weight excluding hydrogens is 244 g/mol. The van der Waals surface area contributed by atoms with Crippen molar-refractivity contribution in [1.82, 2.24) is 4.90 Å². The lowest BCUT2D eigenvalue weighted by molar-refractivity contribution is 0.0782. The predicted molar refractivity (Wildman–Crippen MR) is 84.7 cm³/mol. The second-order valence-corrected chi connectivity index (χ2v) is 6.82. The summed E-state index contributed by atoms with van der Waals surface area (Å²) >= 11 is 0. The van der Waals surface area contributed by atoms with Gasteiger partial charge in [-0.25, -0.2) is 0 Å². The van der Waals surface area contributed by atoms with Crippen molar-refractivity contribution in [3.63, 3.8) is 0 Å². The number of piperidine rings is 1. The number of benzene rings is 1. The summed E-state index contributed by atoms with van der Waals surface area (Å²) in [4.78, 5) is 2.65. The van der Waals surface area contributed by atoms with E-state index < -0.39 is 0 Å². The van der Waals surface area contributed by atoms with Gasteiger partial charge in [0, 0.05) is 12.6 Å². The Morgan fingerprint density at radius 3 is 2.25 bits per heavy atom. The molecule has 0 amide bonds. The molecule has 110 valence electrons. The van der Waals surface area contributed by atoms with Crippen LogP contribution in [0.1, 0.15) is 44.1 Å². The average Bonchev–Trinajstić information content (AvgIpc) is 2.95. The first kappa shape index (κ1) is 14.1. The van der Waals surface area contributed by atoms with Crippen LogP contribution in [0, 0.1) is 5.41 Å². The van der Waals surface area contributed by atoms with Crippen molar-refractivity contribution in [2.75, 3.05) is 19.6 Å². The maximum absolute atomic E-state index is 6.05. The molecule has 2 heteroatoms. The monoisotopic (exact) mass is 272 g/mol. The summed E-state index contributed by atoms with van der Waals surface area (Å²) < 4.78 is 0. The van der Waals surface area contributed by atoms with Crippen LogP contribution in [0.5, 0.6) is 0 Å². The Morgan fingerprint density at radius 2 is 1.65 bits per heavy atom. The average molecular weight is 272 g/mol. The van der Waals surface area contributed by atoms with E-state index in [4.69, 9.17) is 5.73 Å². The normalized spacial score (nSPS) is 24.1. The molecule has 20 heavy (non-hydrogen) atoms. The molecule has 1 spiro atoms. The summed E-state index contributed by atoms with van der Waals surface area (Å²) in [5.74, 6) is 0. The number of hydrogen-bond donors (Lipinski definition) is 1. The van der Waals surface area contributed by atoms with Crippen molar-refractivity contribution in [2.45, 2.75) is 51.0 Å². The maximum Gasteiger partial charge on any atom is 0.0258 e. The minimum absolute atomic E-state index is 0.524. The van der Waals surface area contributed by atoms with E-state index in [1.165, 1.54) is 57.2 Å². The summed E-state index contributed by atoms with van der Waals surface area (Å²) in [7, 11) is 0. The van der Waals surface area contributed by atoms with Crippen LogP contribution < -0.4 is 5.73 Å². The van der Waals surface area contributed by atoms with Crippen molar-refractivity contribution in [3.8, 4) is 0 Å². The van der Waals surface area contributed by atoms with Gasteiger partial charge in [0.1, 0.15) is 0 Å². The maximum atomic E-state index is 6.05. The molecule has 2 aliphatic rings. The molecule has 1 aromatic carbocycles. The van der Waals surface area contributed by atoms with Crippen LogP contribution in [-0.2, 0) is 6.42 Å². The Bertz CT molecular complexity index is 399. The van der Waals surface area contributed by atoms with E-state index in [0.717, 1.165) is 13.0 Å². The molecule has 1 heterocycles. The fourth-order valence-corrected chi connectivity index (χ4v) is 4.24. The highest BCUT2D eigenvalue weighted by Crippen LogP contribution is 2.46. The zero-order valence-electron chi connectivity index (χ0n) is 12.6. The SMILES string of the molecule is NCC(Cc1ccccc1)N1CCC2(CCCC2)CC1. The zero-order chi connectivity index (χ0) is 13.8. The molecule has 2 nitrogen and oxygen atoms in total. The van der Waals surface area contributed by atoms with Gasteiger partial charge in [-0.3, -0.25) is 4.90 Å². The van der Waals surface area contributed by atoms with E-state index in [2.05, 4.69) is 35.2 Å². The standard InChI is InChI=1S/C18H28N2/c19-15-17(14-16-6-2-1-3-7-16)20-12-10-18(11-13-20)8-4-5-9-18/h1-3,6-7,17H,4-5,8-15,19H2. The van der Waals surface area contributed by atoms with Gasteiger partial charge in [0.25, 0.3) is 0 Å². The van der Waals surface area contributed by atoms with Gasteiger partial charge in [0.05, 0.1) is 0 Å². The van der Waals surface area contributed by atoms with Gasteiger partial charge < -0.3 is 5.73 Å². The van der Waals surface area contributed by atoms with Crippen LogP contribution in [0.15, 0.2) is 30.3 Å². The highest BCUT2D eigenvalue weighted by atomic mass is 15.2. The van der Waals surface area contributed by atoms with Crippen LogP contribution in [-0.4, -0.2) is 30.6 Å². The smallest absolute Gasteiger partial charge is 0.0258 e. The predicted octanol–water partition coefficient (Wildman–Crippen LogP) is 3.21. The van der Waals surface area contributed by atoms with Gasteiger partial charge in [0.2, 0.25) is 0 Å². The first-order valence-corrected chi connectivity index (χ1v) is 8.29. The third-order valence-corrected chi connectivity index (χ3v) is 5.63. The molecular formula is C18H28N2. The van der Waals surface area contributed by atoms with Crippen molar-refractivity contribution in [3.05, 3.63) is 35.9 Å². The number of likely N-dealkylation sites (tertiary alicyclic amines) is 1. The van der Waals surface area contributed by atoms with Crippen LogP contribution in [0.4, 0.5) is 0 Å². The summed E-state index contributed by atoms with van der Waals surface area (Å²) in [6.45, 7) is 3.30. The summed E-state index contributed by atoms with van der Waals surface area (Å²) in [6, 6.07) is 11.3. The van der Waals surface area contributed by atoms with Crippen molar-refractivity contribution in [2.24, 2.45) is 11.1 Å². The first-order chi connectivity index (χ1) is 9.81. The lowest BCUT2D eigenvalue weighted by Crippen LogP contribution is -2.48. The molecule has 1 saturated heterocycles. The van der Waals surface area contributed by atoms with Gasteiger partial charge in [-0.05, 0) is 56.2 Å². The molecule has 0 bridgehead atoms.